The number of carbonyl (C=O) groups excluding carboxylic acids is 2. The number of nitrogens with zero attached hydrogens (tertiary/aromatic N) is 9. The molecule has 5 aromatic rings. The maximum Gasteiger partial charge on any atom is 0.357 e. The second-order valence-corrected chi connectivity index (χ2v) is 16.7. The fraction of sp³-hybridized carbons (Fsp3) is 0.465. The van der Waals surface area contributed by atoms with E-state index in [1.54, 1.807) is 4.68 Å². The Morgan fingerprint density at radius 1 is 0.930 bits per heavy atom. The zero-order chi connectivity index (χ0) is 39.7. The number of urea groups is 1. The number of benzene rings is 2. The predicted molar refractivity (Wildman–Crippen MR) is 219 cm³/mol. The monoisotopic (exact) mass is 774 g/mol. The number of likely N-dealkylation sites (N-methyl/N-ethyl adjacent to an activating group) is 1. The van der Waals surface area contributed by atoms with E-state index in [-0.39, 0.29) is 24.0 Å². The van der Waals surface area contributed by atoms with Crippen molar-refractivity contribution in [1.29, 1.82) is 0 Å². The number of piperidine rings is 1. The molecule has 14 heteroatoms. The van der Waals surface area contributed by atoms with Gasteiger partial charge >= 0.3 is 12.5 Å². The van der Waals surface area contributed by atoms with Crippen molar-refractivity contribution in [1.82, 2.24) is 39.5 Å². The molecule has 2 saturated heterocycles. The number of rotatable bonds is 10. The van der Waals surface area contributed by atoms with Gasteiger partial charge in [-0.1, -0.05) is 57.2 Å². The molecule has 57 heavy (non-hydrogen) atoms. The van der Waals surface area contributed by atoms with Crippen LogP contribution in [0.15, 0.2) is 72.9 Å². The molecule has 2 fully saturated rings. The van der Waals surface area contributed by atoms with Gasteiger partial charge in [-0.25, -0.2) is 9.48 Å². The van der Waals surface area contributed by atoms with Gasteiger partial charge in [0.15, 0.2) is 11.5 Å². The Hall–Kier alpha value is -5.47. The minimum absolute atomic E-state index is 0.239. The molecular weight excluding hydrogens is 721 g/mol. The van der Waals surface area contributed by atoms with Gasteiger partial charge < -0.3 is 24.7 Å². The second-order valence-electron chi connectivity index (χ2n) is 16.7. The lowest BCUT2D eigenvalue weighted by Gasteiger charge is -2.34. The van der Waals surface area contributed by atoms with E-state index in [4.69, 9.17) is 14.7 Å². The van der Waals surface area contributed by atoms with Gasteiger partial charge in [-0.05, 0) is 87.0 Å². The predicted octanol–water partition coefficient (Wildman–Crippen LogP) is 6.60. The first-order valence-electron chi connectivity index (χ1n) is 20.2. The molecule has 1 aliphatic carbocycles. The maximum absolute atomic E-state index is 14.3. The third-order valence-electron chi connectivity index (χ3n) is 11.6. The number of piperazine rings is 1. The quantitative estimate of drug-likeness (QED) is 0.123. The van der Waals surface area contributed by atoms with E-state index in [1.807, 2.05) is 59.1 Å². The Labute approximate surface area is 334 Å². The summed E-state index contributed by atoms with van der Waals surface area (Å²) in [5, 5.41) is 18.1. The number of hydrogen-bond donors (Lipinski definition) is 1. The molecule has 3 atom stereocenters. The van der Waals surface area contributed by atoms with E-state index in [1.165, 1.54) is 6.42 Å². The fourth-order valence-corrected chi connectivity index (χ4v) is 8.29. The fourth-order valence-electron chi connectivity index (χ4n) is 8.29. The van der Waals surface area contributed by atoms with Crippen molar-refractivity contribution < 1.29 is 19.2 Å². The van der Waals surface area contributed by atoms with Crippen LogP contribution in [0.3, 0.4) is 0 Å². The molecule has 0 unspecified atom stereocenters. The Morgan fingerprint density at radius 2 is 1.74 bits per heavy atom. The largest absolute Gasteiger partial charge is 0.484 e. The lowest BCUT2D eigenvalue weighted by molar-refractivity contribution is -0.129. The van der Waals surface area contributed by atoms with Crippen LogP contribution in [0.25, 0.3) is 11.3 Å². The van der Waals surface area contributed by atoms with E-state index in [9.17, 15) is 9.59 Å². The second kappa shape index (κ2) is 16.2. The van der Waals surface area contributed by atoms with Gasteiger partial charge in [-0.2, -0.15) is 5.10 Å². The van der Waals surface area contributed by atoms with Crippen molar-refractivity contribution in [3.05, 3.63) is 95.3 Å². The van der Waals surface area contributed by atoms with Crippen LogP contribution in [0.5, 0.6) is 5.75 Å². The zero-order valence-electron chi connectivity index (χ0n) is 33.7. The Morgan fingerprint density at radius 3 is 2.51 bits per heavy atom. The number of carbonyl (C=O) groups is 2. The molecule has 0 bridgehead atoms. The lowest BCUT2D eigenvalue weighted by Crippen LogP contribution is -2.44. The molecular formula is C43H54N10O4. The third-order valence-corrected chi connectivity index (χ3v) is 11.6. The van der Waals surface area contributed by atoms with E-state index >= 15 is 0 Å². The van der Waals surface area contributed by atoms with Gasteiger partial charge in [0.1, 0.15) is 11.9 Å². The maximum atomic E-state index is 14.3. The molecule has 0 spiro atoms. The number of aromatic nitrogens is 5. The number of anilines is 2. The summed E-state index contributed by atoms with van der Waals surface area (Å²) in [4.78, 5) is 38.9. The number of pyridine rings is 1. The summed E-state index contributed by atoms with van der Waals surface area (Å²) >= 11 is 0. The molecule has 0 radical (unpaired) electrons. The van der Waals surface area contributed by atoms with Crippen LogP contribution in [-0.4, -0.2) is 92.5 Å². The van der Waals surface area contributed by atoms with Crippen molar-refractivity contribution in [2.24, 2.45) is 0 Å². The minimum Gasteiger partial charge on any atom is -0.484 e. The standard InChI is InChI=1S/C43H54N10O4/c1-30-11-8-9-20-50(30)41-46-45-39-19-16-33(28-51(39)41)57-37-18-17-36(34-14-6-7-15-35(34)37)44-42(55)53(56-29-54)40-26-38(43(2,3)4)47-52(40)32-13-10-12-31(25-32)27-49-23-21-48(5)22-24-49/h6-7,10,12-16,19,25-26,28-30,36-37H,8-9,11,17-18,20-24,27H2,1-5H3,(H,44,55)/t30-,36-,37+/m0/s1. The number of nitrogens with one attached hydrogen (secondary N) is 1. The molecule has 2 amide bonds. The van der Waals surface area contributed by atoms with Gasteiger partial charge in [0.2, 0.25) is 5.95 Å². The highest BCUT2D eigenvalue weighted by Crippen LogP contribution is 2.39. The van der Waals surface area contributed by atoms with Crippen molar-refractivity contribution in [2.45, 2.75) is 89.9 Å². The molecule has 3 aliphatic rings. The van der Waals surface area contributed by atoms with Crippen LogP contribution in [-0.2, 0) is 21.6 Å². The summed E-state index contributed by atoms with van der Waals surface area (Å²) in [5.41, 5.74) is 5.02. The Bertz CT molecular complexity index is 2200. The van der Waals surface area contributed by atoms with E-state index in [2.05, 4.69) is 83.2 Å². The normalized spacial score (nSPS) is 20.6. The average molecular weight is 775 g/mol. The summed E-state index contributed by atoms with van der Waals surface area (Å²) in [6.45, 7) is 14.5. The van der Waals surface area contributed by atoms with E-state index in [0.29, 0.717) is 24.7 Å². The summed E-state index contributed by atoms with van der Waals surface area (Å²) < 4.78 is 10.4. The van der Waals surface area contributed by atoms with Gasteiger partial charge in [0.25, 0.3) is 0 Å². The zero-order valence-corrected chi connectivity index (χ0v) is 33.7. The molecule has 300 valence electrons. The van der Waals surface area contributed by atoms with Crippen LogP contribution in [0.4, 0.5) is 16.6 Å². The van der Waals surface area contributed by atoms with Crippen molar-refractivity contribution >= 4 is 29.9 Å². The summed E-state index contributed by atoms with van der Waals surface area (Å²) in [7, 11) is 2.15. The van der Waals surface area contributed by atoms with Crippen LogP contribution >= 0.6 is 0 Å². The highest BCUT2D eigenvalue weighted by atomic mass is 16.7. The highest BCUT2D eigenvalue weighted by molar-refractivity contribution is 5.90. The first-order chi connectivity index (χ1) is 27.6. The van der Waals surface area contributed by atoms with Crippen molar-refractivity contribution in [3.8, 4) is 11.4 Å². The molecule has 0 saturated carbocycles. The molecule has 14 nitrogen and oxygen atoms in total. The average Bonchev–Trinajstić information content (AvgIpc) is 3.84. The first kappa shape index (κ1) is 38.4. The van der Waals surface area contributed by atoms with Gasteiger partial charge in [0, 0.05) is 56.8 Å². The molecule has 5 heterocycles. The molecule has 1 N–H and O–H groups in total. The number of fused-ring (bicyclic) bond motifs is 2. The Kier molecular flexibility index (Phi) is 10.9. The number of hydrogen-bond acceptors (Lipinski definition) is 10. The lowest BCUT2D eigenvalue weighted by atomic mass is 9.85. The molecule has 2 aromatic carbocycles. The van der Waals surface area contributed by atoms with E-state index in [0.717, 1.165) is 103 Å². The summed E-state index contributed by atoms with van der Waals surface area (Å²) in [5.74, 6) is 1.89. The molecule has 3 aromatic heterocycles. The van der Waals surface area contributed by atoms with Gasteiger partial charge in [-0.15, -0.1) is 15.3 Å². The number of hydroxylamine groups is 1. The number of ether oxygens (including phenoxy) is 1. The summed E-state index contributed by atoms with van der Waals surface area (Å²) in [6, 6.07) is 21.4. The van der Waals surface area contributed by atoms with Crippen LogP contribution in [0.1, 0.15) is 94.3 Å². The highest BCUT2D eigenvalue weighted by Gasteiger charge is 2.34. The van der Waals surface area contributed by atoms with Crippen molar-refractivity contribution in [2.75, 3.05) is 49.7 Å². The number of amides is 2. The topological polar surface area (TPSA) is 126 Å². The Balaban J connectivity index is 1.03. The van der Waals surface area contributed by atoms with E-state index < -0.39 is 6.03 Å². The molecule has 2 aliphatic heterocycles. The molecule has 8 rings (SSSR count). The van der Waals surface area contributed by atoms with Crippen LogP contribution in [0, 0.1) is 0 Å². The SMILES string of the molecule is C[C@H]1CCCCN1c1nnc2ccc(O[C@@H]3CC[C@H](NC(=O)N(OC=O)c4cc(C(C)(C)C)nn4-c4cccc(CN5CCN(C)CC5)c4)c4ccccc43)cn12. The van der Waals surface area contributed by atoms with Crippen LogP contribution in [0.2, 0.25) is 0 Å². The minimum atomic E-state index is -0.575. The third kappa shape index (κ3) is 8.19. The first-order valence-corrected chi connectivity index (χ1v) is 20.2. The van der Waals surface area contributed by atoms with Gasteiger partial charge in [0.05, 0.1) is 23.6 Å². The smallest absolute Gasteiger partial charge is 0.357 e. The van der Waals surface area contributed by atoms with Crippen LogP contribution < -0.4 is 20.0 Å². The summed E-state index contributed by atoms with van der Waals surface area (Å²) in [6.07, 6.45) is 6.49. The van der Waals surface area contributed by atoms with Gasteiger partial charge in [-0.3, -0.25) is 14.1 Å². The van der Waals surface area contributed by atoms with Crippen molar-refractivity contribution in [3.63, 3.8) is 0 Å².